The van der Waals surface area contributed by atoms with Crippen LogP contribution in [0.2, 0.25) is 0 Å². The number of rotatable bonds is 7. The van der Waals surface area contributed by atoms with E-state index in [1.807, 2.05) is 6.92 Å². The first-order chi connectivity index (χ1) is 13.0. The van der Waals surface area contributed by atoms with E-state index in [1.54, 1.807) is 42.0 Å². The van der Waals surface area contributed by atoms with Gasteiger partial charge in [0, 0.05) is 32.7 Å². The molecule has 0 N–H and O–H groups in total. The Morgan fingerprint density at radius 3 is 2.44 bits per heavy atom. The third-order valence-electron chi connectivity index (χ3n) is 4.97. The summed E-state index contributed by atoms with van der Waals surface area (Å²) in [7, 11) is -1.89. The van der Waals surface area contributed by atoms with Crippen LogP contribution in [-0.2, 0) is 27.8 Å². The highest BCUT2D eigenvalue weighted by atomic mass is 32.2. The molecule has 1 fully saturated rings. The van der Waals surface area contributed by atoms with E-state index in [1.165, 1.54) is 8.99 Å². The summed E-state index contributed by atoms with van der Waals surface area (Å²) in [6.07, 6.45) is 1.29. The summed E-state index contributed by atoms with van der Waals surface area (Å²) in [5, 5.41) is 4.51. The highest BCUT2D eigenvalue weighted by Crippen LogP contribution is 2.29. The molecule has 0 amide bonds. The van der Waals surface area contributed by atoms with E-state index in [4.69, 9.17) is 4.74 Å². The van der Waals surface area contributed by atoms with Crippen molar-refractivity contribution in [3.63, 3.8) is 0 Å². The Morgan fingerprint density at radius 1 is 1.19 bits per heavy atom. The first-order valence-corrected chi connectivity index (χ1v) is 10.6. The lowest BCUT2D eigenvalue weighted by Gasteiger charge is -2.30. The Balaban J connectivity index is 1.75. The number of nitrogens with zero attached hydrogens (tertiary/aromatic N) is 4. The van der Waals surface area contributed by atoms with Crippen LogP contribution in [-0.4, -0.2) is 53.9 Å². The number of hydrogen-bond donors (Lipinski definition) is 0. The Morgan fingerprint density at radius 2 is 1.85 bits per heavy atom. The number of ether oxygens (including phenoxy) is 1. The van der Waals surface area contributed by atoms with Gasteiger partial charge in [-0.15, -0.1) is 0 Å². The minimum absolute atomic E-state index is 0.0728. The molecule has 0 saturated carbocycles. The van der Waals surface area contributed by atoms with Crippen LogP contribution < -0.4 is 5.69 Å². The van der Waals surface area contributed by atoms with Gasteiger partial charge in [-0.2, -0.15) is 9.40 Å². The number of hydrogen-bond acceptors (Lipinski definition) is 5. The molecule has 0 aliphatic carbocycles. The average Bonchev–Trinajstić information content (AvgIpc) is 3.02. The SMILES string of the molecule is CCn1c(C2CCN(S(=O)(=O)c3ccccc3)CC2)nn(CCOC)c1=O. The molecule has 2 aromatic rings. The zero-order valence-electron chi connectivity index (χ0n) is 15.7. The van der Waals surface area contributed by atoms with Gasteiger partial charge >= 0.3 is 5.69 Å². The lowest BCUT2D eigenvalue weighted by atomic mass is 9.97. The van der Waals surface area contributed by atoms with Gasteiger partial charge in [-0.1, -0.05) is 18.2 Å². The van der Waals surface area contributed by atoms with Crippen LogP contribution >= 0.6 is 0 Å². The summed E-state index contributed by atoms with van der Waals surface area (Å²) in [6, 6.07) is 8.49. The van der Waals surface area contributed by atoms with Crippen molar-refractivity contribution in [3.05, 3.63) is 46.6 Å². The summed E-state index contributed by atoms with van der Waals surface area (Å²) >= 11 is 0. The maximum atomic E-state index is 12.8. The second-order valence-corrected chi connectivity index (χ2v) is 8.53. The smallest absolute Gasteiger partial charge is 0.345 e. The van der Waals surface area contributed by atoms with Crippen molar-refractivity contribution in [2.24, 2.45) is 0 Å². The number of piperidine rings is 1. The van der Waals surface area contributed by atoms with Gasteiger partial charge in [0.1, 0.15) is 5.82 Å². The maximum Gasteiger partial charge on any atom is 0.345 e. The van der Waals surface area contributed by atoms with Crippen molar-refractivity contribution in [1.82, 2.24) is 18.7 Å². The molecule has 8 nitrogen and oxygen atoms in total. The number of methoxy groups -OCH3 is 1. The molecule has 0 bridgehead atoms. The molecule has 1 aromatic heterocycles. The molecule has 1 aliphatic heterocycles. The summed E-state index contributed by atoms with van der Waals surface area (Å²) < 4.78 is 35.2. The van der Waals surface area contributed by atoms with Gasteiger partial charge < -0.3 is 4.74 Å². The van der Waals surface area contributed by atoms with E-state index in [9.17, 15) is 13.2 Å². The zero-order valence-corrected chi connectivity index (χ0v) is 16.6. The number of benzene rings is 1. The van der Waals surface area contributed by atoms with Crippen molar-refractivity contribution in [1.29, 1.82) is 0 Å². The van der Waals surface area contributed by atoms with Gasteiger partial charge in [-0.05, 0) is 31.9 Å². The van der Waals surface area contributed by atoms with Gasteiger partial charge in [0.05, 0.1) is 18.0 Å². The van der Waals surface area contributed by atoms with E-state index in [0.717, 1.165) is 5.82 Å². The first-order valence-electron chi connectivity index (χ1n) is 9.20. The van der Waals surface area contributed by atoms with E-state index in [-0.39, 0.29) is 11.6 Å². The van der Waals surface area contributed by atoms with Crippen molar-refractivity contribution in [2.75, 3.05) is 26.8 Å². The second-order valence-electron chi connectivity index (χ2n) is 6.59. The van der Waals surface area contributed by atoms with E-state index in [2.05, 4.69) is 5.10 Å². The fourth-order valence-electron chi connectivity index (χ4n) is 3.48. The molecular weight excluding hydrogens is 368 g/mol. The van der Waals surface area contributed by atoms with Gasteiger partial charge in [-0.25, -0.2) is 17.9 Å². The Kier molecular flexibility index (Phi) is 6.13. The van der Waals surface area contributed by atoms with E-state index < -0.39 is 10.0 Å². The summed E-state index contributed by atoms with van der Waals surface area (Å²) in [5.74, 6) is 0.819. The molecule has 0 radical (unpaired) electrons. The van der Waals surface area contributed by atoms with E-state index in [0.29, 0.717) is 50.5 Å². The fraction of sp³-hybridized carbons (Fsp3) is 0.556. The average molecular weight is 394 g/mol. The quantitative estimate of drug-likeness (QED) is 0.706. The van der Waals surface area contributed by atoms with Crippen LogP contribution in [0.15, 0.2) is 40.0 Å². The summed E-state index contributed by atoms with van der Waals surface area (Å²) in [6.45, 7) is 4.14. The number of sulfonamides is 1. The van der Waals surface area contributed by atoms with Crippen molar-refractivity contribution in [2.45, 2.75) is 43.7 Å². The third-order valence-corrected chi connectivity index (χ3v) is 6.89. The van der Waals surface area contributed by atoms with Crippen molar-refractivity contribution >= 4 is 10.0 Å². The maximum absolute atomic E-state index is 12.8. The van der Waals surface area contributed by atoms with Gasteiger partial charge in [0.25, 0.3) is 0 Å². The van der Waals surface area contributed by atoms with Crippen LogP contribution in [0.3, 0.4) is 0 Å². The zero-order chi connectivity index (χ0) is 19.4. The normalized spacial score (nSPS) is 16.7. The minimum atomic E-state index is -3.48. The second kappa shape index (κ2) is 8.37. The molecule has 0 atom stereocenters. The highest BCUT2D eigenvalue weighted by Gasteiger charge is 2.32. The Hall–Kier alpha value is -1.97. The van der Waals surface area contributed by atoms with Gasteiger partial charge in [0.2, 0.25) is 10.0 Å². The molecule has 3 rings (SSSR count). The van der Waals surface area contributed by atoms with Crippen LogP contribution in [0, 0.1) is 0 Å². The molecule has 9 heteroatoms. The minimum Gasteiger partial charge on any atom is -0.383 e. The van der Waals surface area contributed by atoms with Gasteiger partial charge in [-0.3, -0.25) is 4.57 Å². The largest absolute Gasteiger partial charge is 0.383 e. The highest BCUT2D eigenvalue weighted by molar-refractivity contribution is 7.89. The molecule has 27 heavy (non-hydrogen) atoms. The third kappa shape index (κ3) is 3.99. The molecule has 0 unspecified atom stereocenters. The standard InChI is InChI=1S/C18H26N4O4S/c1-3-21-17(19-22(18(21)23)13-14-26-2)15-9-11-20(12-10-15)27(24,25)16-7-5-4-6-8-16/h4-8,15H,3,9-14H2,1-2H3. The topological polar surface area (TPSA) is 86.4 Å². The molecule has 1 aliphatic rings. The predicted octanol–water partition coefficient (Wildman–Crippen LogP) is 1.28. The first kappa shape index (κ1) is 19.8. The fourth-order valence-corrected chi connectivity index (χ4v) is 4.97. The Labute approximate surface area is 159 Å². The summed E-state index contributed by atoms with van der Waals surface area (Å²) in [5.41, 5.74) is -0.135. The monoisotopic (exact) mass is 394 g/mol. The van der Waals surface area contributed by atoms with Gasteiger partial charge in [0.15, 0.2) is 0 Å². The van der Waals surface area contributed by atoms with Crippen molar-refractivity contribution in [3.8, 4) is 0 Å². The number of aromatic nitrogens is 3. The molecule has 1 saturated heterocycles. The predicted molar refractivity (Wildman–Crippen MR) is 101 cm³/mol. The van der Waals surface area contributed by atoms with Crippen LogP contribution in [0.4, 0.5) is 0 Å². The van der Waals surface area contributed by atoms with Crippen LogP contribution in [0.1, 0.15) is 31.5 Å². The van der Waals surface area contributed by atoms with Crippen LogP contribution in [0.25, 0.3) is 0 Å². The lowest BCUT2D eigenvalue weighted by Crippen LogP contribution is -2.38. The molecule has 148 valence electrons. The molecule has 2 heterocycles. The Bertz CT molecular complexity index is 913. The van der Waals surface area contributed by atoms with Crippen LogP contribution in [0.5, 0.6) is 0 Å². The van der Waals surface area contributed by atoms with Crippen molar-refractivity contribution < 1.29 is 13.2 Å². The molecular formula is C18H26N4O4S. The van der Waals surface area contributed by atoms with E-state index >= 15 is 0 Å². The summed E-state index contributed by atoms with van der Waals surface area (Å²) in [4.78, 5) is 12.8. The lowest BCUT2D eigenvalue weighted by molar-refractivity contribution is 0.182. The molecule has 0 spiro atoms. The molecule has 1 aromatic carbocycles.